The van der Waals surface area contributed by atoms with Crippen molar-refractivity contribution in [1.82, 2.24) is 10.2 Å². The SMILES string of the molecule is CCc1ccccc1C(=O)N(CC(N)=O)C1CCNCC1. The molecular weight excluding hydrogens is 266 g/mol. The van der Waals surface area contributed by atoms with Gasteiger partial charge in [0.15, 0.2) is 0 Å². The van der Waals surface area contributed by atoms with E-state index < -0.39 is 5.91 Å². The second-order valence-corrected chi connectivity index (χ2v) is 5.39. The van der Waals surface area contributed by atoms with Crippen molar-refractivity contribution >= 4 is 11.8 Å². The molecule has 1 fully saturated rings. The molecule has 1 aromatic rings. The summed E-state index contributed by atoms with van der Waals surface area (Å²) in [5, 5.41) is 3.27. The summed E-state index contributed by atoms with van der Waals surface area (Å²) >= 11 is 0. The largest absolute Gasteiger partial charge is 0.368 e. The summed E-state index contributed by atoms with van der Waals surface area (Å²) in [6.45, 7) is 3.74. The van der Waals surface area contributed by atoms with Gasteiger partial charge < -0.3 is 16.0 Å². The molecule has 21 heavy (non-hydrogen) atoms. The normalized spacial score (nSPS) is 15.7. The van der Waals surface area contributed by atoms with Crippen LogP contribution in [0.3, 0.4) is 0 Å². The molecule has 1 saturated heterocycles. The molecule has 5 nitrogen and oxygen atoms in total. The van der Waals surface area contributed by atoms with E-state index in [2.05, 4.69) is 5.32 Å². The van der Waals surface area contributed by atoms with Crippen LogP contribution in [0.5, 0.6) is 0 Å². The van der Waals surface area contributed by atoms with Gasteiger partial charge in [-0.1, -0.05) is 25.1 Å². The van der Waals surface area contributed by atoms with Crippen LogP contribution in [-0.2, 0) is 11.2 Å². The van der Waals surface area contributed by atoms with Crippen LogP contribution in [-0.4, -0.2) is 42.4 Å². The monoisotopic (exact) mass is 289 g/mol. The third kappa shape index (κ3) is 3.82. The number of carbonyl (C=O) groups is 2. The lowest BCUT2D eigenvalue weighted by Gasteiger charge is -2.34. The Labute approximate surface area is 125 Å². The highest BCUT2D eigenvalue weighted by atomic mass is 16.2. The molecule has 5 heteroatoms. The number of piperidine rings is 1. The first kappa shape index (κ1) is 15.5. The Morgan fingerprint density at radius 2 is 1.95 bits per heavy atom. The summed E-state index contributed by atoms with van der Waals surface area (Å²) in [5.41, 5.74) is 7.02. The van der Waals surface area contributed by atoms with Gasteiger partial charge in [0, 0.05) is 11.6 Å². The number of benzene rings is 1. The van der Waals surface area contributed by atoms with Crippen molar-refractivity contribution in [3.05, 3.63) is 35.4 Å². The summed E-state index contributed by atoms with van der Waals surface area (Å²) in [4.78, 5) is 25.9. The fraction of sp³-hybridized carbons (Fsp3) is 0.500. The average molecular weight is 289 g/mol. The van der Waals surface area contributed by atoms with Crippen molar-refractivity contribution in [2.24, 2.45) is 5.73 Å². The zero-order chi connectivity index (χ0) is 15.2. The second kappa shape index (κ2) is 7.22. The van der Waals surface area contributed by atoms with Gasteiger partial charge in [0.05, 0.1) is 6.54 Å². The molecule has 2 amide bonds. The van der Waals surface area contributed by atoms with E-state index in [9.17, 15) is 9.59 Å². The molecular formula is C16H23N3O2. The first-order valence-corrected chi connectivity index (χ1v) is 7.51. The summed E-state index contributed by atoms with van der Waals surface area (Å²) in [5.74, 6) is -0.547. The molecule has 0 unspecified atom stereocenters. The van der Waals surface area contributed by atoms with Gasteiger partial charge >= 0.3 is 0 Å². The van der Waals surface area contributed by atoms with E-state index in [1.807, 2.05) is 31.2 Å². The zero-order valence-electron chi connectivity index (χ0n) is 12.5. The minimum Gasteiger partial charge on any atom is -0.368 e. The van der Waals surface area contributed by atoms with Crippen LogP contribution in [0.4, 0.5) is 0 Å². The van der Waals surface area contributed by atoms with Crippen molar-refractivity contribution in [2.45, 2.75) is 32.2 Å². The zero-order valence-corrected chi connectivity index (χ0v) is 12.5. The fourth-order valence-corrected chi connectivity index (χ4v) is 2.84. The van der Waals surface area contributed by atoms with Crippen LogP contribution in [0, 0.1) is 0 Å². The Hall–Kier alpha value is -1.88. The van der Waals surface area contributed by atoms with E-state index in [-0.39, 0.29) is 18.5 Å². The highest BCUT2D eigenvalue weighted by Gasteiger charge is 2.28. The molecule has 0 bridgehead atoms. The highest BCUT2D eigenvalue weighted by molar-refractivity contribution is 5.97. The Morgan fingerprint density at radius 1 is 1.29 bits per heavy atom. The van der Waals surface area contributed by atoms with E-state index in [4.69, 9.17) is 5.73 Å². The van der Waals surface area contributed by atoms with E-state index in [1.165, 1.54) is 0 Å². The molecule has 1 aromatic carbocycles. The molecule has 0 aliphatic carbocycles. The molecule has 1 heterocycles. The van der Waals surface area contributed by atoms with Crippen LogP contribution < -0.4 is 11.1 Å². The maximum atomic E-state index is 12.9. The Bertz CT molecular complexity index is 510. The van der Waals surface area contributed by atoms with E-state index >= 15 is 0 Å². The van der Waals surface area contributed by atoms with Crippen molar-refractivity contribution < 1.29 is 9.59 Å². The number of amides is 2. The van der Waals surface area contributed by atoms with Gasteiger partial charge in [-0.2, -0.15) is 0 Å². The Morgan fingerprint density at radius 3 is 2.57 bits per heavy atom. The maximum Gasteiger partial charge on any atom is 0.254 e. The molecule has 1 aliphatic heterocycles. The van der Waals surface area contributed by atoms with Crippen molar-refractivity contribution in [3.63, 3.8) is 0 Å². The van der Waals surface area contributed by atoms with Gasteiger partial charge in [-0.3, -0.25) is 9.59 Å². The van der Waals surface area contributed by atoms with Crippen molar-refractivity contribution in [2.75, 3.05) is 19.6 Å². The molecule has 1 aliphatic rings. The quantitative estimate of drug-likeness (QED) is 0.846. The van der Waals surface area contributed by atoms with E-state index in [0.29, 0.717) is 5.56 Å². The maximum absolute atomic E-state index is 12.9. The van der Waals surface area contributed by atoms with Crippen molar-refractivity contribution in [1.29, 1.82) is 0 Å². The topological polar surface area (TPSA) is 75.4 Å². The number of hydrogen-bond acceptors (Lipinski definition) is 3. The van der Waals surface area contributed by atoms with Gasteiger partial charge in [-0.15, -0.1) is 0 Å². The molecule has 0 aromatic heterocycles. The fourth-order valence-electron chi connectivity index (χ4n) is 2.84. The first-order valence-electron chi connectivity index (χ1n) is 7.51. The molecule has 3 N–H and O–H groups in total. The van der Waals surface area contributed by atoms with Crippen LogP contribution in [0.15, 0.2) is 24.3 Å². The molecule has 0 spiro atoms. The van der Waals surface area contributed by atoms with Crippen LogP contribution >= 0.6 is 0 Å². The lowest BCUT2D eigenvalue weighted by molar-refractivity contribution is -0.119. The number of hydrogen-bond donors (Lipinski definition) is 2. The minimum absolute atomic E-state index is 0.0124. The minimum atomic E-state index is -0.462. The van der Waals surface area contributed by atoms with Gasteiger partial charge in [0.2, 0.25) is 5.91 Å². The summed E-state index contributed by atoms with van der Waals surface area (Å²) in [6, 6.07) is 7.65. The predicted octanol–water partition coefficient (Wildman–Crippen LogP) is 0.928. The van der Waals surface area contributed by atoms with E-state index in [1.54, 1.807) is 4.90 Å². The standard InChI is InChI=1S/C16H23N3O2/c1-2-12-5-3-4-6-14(12)16(21)19(11-15(17)20)13-7-9-18-10-8-13/h3-6,13,18H,2,7-11H2,1H3,(H2,17,20). The summed E-state index contributed by atoms with van der Waals surface area (Å²) < 4.78 is 0. The number of carbonyl (C=O) groups excluding carboxylic acids is 2. The third-order valence-electron chi connectivity index (χ3n) is 3.97. The molecule has 0 saturated carbocycles. The van der Waals surface area contributed by atoms with Crippen LogP contribution in [0.2, 0.25) is 0 Å². The lowest BCUT2D eigenvalue weighted by Crippen LogP contribution is -2.49. The Balaban J connectivity index is 2.26. The number of primary amides is 1. The van der Waals surface area contributed by atoms with E-state index in [0.717, 1.165) is 37.9 Å². The van der Waals surface area contributed by atoms with Crippen LogP contribution in [0.1, 0.15) is 35.7 Å². The number of rotatable bonds is 5. The second-order valence-electron chi connectivity index (χ2n) is 5.39. The summed E-state index contributed by atoms with van der Waals surface area (Å²) in [6.07, 6.45) is 2.50. The third-order valence-corrected chi connectivity index (χ3v) is 3.97. The van der Waals surface area contributed by atoms with Gasteiger partial charge in [0.1, 0.15) is 0 Å². The number of nitrogens with two attached hydrogens (primary N) is 1. The molecule has 2 rings (SSSR count). The molecule has 0 atom stereocenters. The average Bonchev–Trinajstić information content (AvgIpc) is 2.52. The number of nitrogens with zero attached hydrogens (tertiary/aromatic N) is 1. The summed E-state index contributed by atoms with van der Waals surface area (Å²) in [7, 11) is 0. The predicted molar refractivity (Wildman–Crippen MR) is 81.9 cm³/mol. The molecule has 0 radical (unpaired) electrons. The molecule has 114 valence electrons. The smallest absolute Gasteiger partial charge is 0.254 e. The van der Waals surface area contributed by atoms with Crippen LogP contribution in [0.25, 0.3) is 0 Å². The number of aryl methyl sites for hydroxylation is 1. The Kier molecular flexibility index (Phi) is 5.33. The lowest BCUT2D eigenvalue weighted by atomic mass is 10.00. The van der Waals surface area contributed by atoms with Gasteiger partial charge in [-0.05, 0) is 44.0 Å². The van der Waals surface area contributed by atoms with Crippen molar-refractivity contribution in [3.8, 4) is 0 Å². The first-order chi connectivity index (χ1) is 10.1. The van der Waals surface area contributed by atoms with Gasteiger partial charge in [0.25, 0.3) is 5.91 Å². The van der Waals surface area contributed by atoms with Gasteiger partial charge in [-0.25, -0.2) is 0 Å². The highest BCUT2D eigenvalue weighted by Crippen LogP contribution is 2.18. The number of nitrogens with one attached hydrogen (secondary N) is 1.